The minimum Gasteiger partial charge on any atom is -0.481 e. The van der Waals surface area contributed by atoms with Crippen LogP contribution in [0.4, 0.5) is 5.69 Å². The Balaban J connectivity index is 1.77. The Kier molecular flexibility index (Phi) is 9.28. The van der Waals surface area contributed by atoms with Gasteiger partial charge in [-0.25, -0.2) is 4.79 Å². The Hall–Kier alpha value is -4.58. The summed E-state index contributed by atoms with van der Waals surface area (Å²) in [7, 11) is 0. The van der Waals surface area contributed by atoms with Crippen molar-refractivity contribution in [1.29, 1.82) is 0 Å². The van der Waals surface area contributed by atoms with Gasteiger partial charge in [-0.05, 0) is 43.1 Å². The number of aliphatic carboxylic acids is 2. The number of amides is 4. The van der Waals surface area contributed by atoms with Crippen molar-refractivity contribution in [2.24, 2.45) is 11.7 Å². The normalized spacial score (nSPS) is 16.6. The number of carbonyl (C=O) groups excluding carboxylic acids is 4. The number of rotatable bonds is 12. The van der Waals surface area contributed by atoms with E-state index in [1.54, 1.807) is 18.2 Å². The monoisotopic (exact) mass is 524 g/mol. The van der Waals surface area contributed by atoms with E-state index in [-0.39, 0.29) is 23.2 Å². The Labute approximate surface area is 217 Å². The van der Waals surface area contributed by atoms with Crippen LogP contribution in [-0.4, -0.2) is 58.4 Å². The number of carboxylic acid groups (broad SMARTS) is 2. The number of hydrogen-bond acceptors (Lipinski definition) is 7. The number of hydrogen-bond donors (Lipinski definition) is 5. The molecule has 1 unspecified atom stereocenters. The van der Waals surface area contributed by atoms with E-state index in [0.717, 1.165) is 4.90 Å². The molecule has 1 aliphatic heterocycles. The SMILES string of the molecule is NCCCC1CC(=O)N(c2cccc(C(=O)N[C@@H](CC(=O)O)C(=O)N[C@H](C(=O)O)c3ccccc3)c2)C1=O. The molecule has 0 radical (unpaired) electrons. The van der Waals surface area contributed by atoms with E-state index < -0.39 is 60.0 Å². The first kappa shape index (κ1) is 28.0. The van der Waals surface area contributed by atoms with E-state index in [2.05, 4.69) is 10.6 Å². The van der Waals surface area contributed by atoms with Crippen molar-refractivity contribution in [3.05, 3.63) is 65.7 Å². The standard InChI is InChI=1S/C26H28N4O8/c27-11-5-9-17-13-20(31)30(25(17)36)18-10-4-8-16(12-18)23(34)28-19(14-21(32)33)24(35)29-22(26(37)38)15-6-2-1-3-7-15/h1-4,6-8,10,12,17,19,22H,5,9,11,13-14,27H2,(H,28,34)(H,29,35)(H,32,33)(H,37,38)/t17?,19-,22-/m0/s1. The maximum atomic E-state index is 13.0. The molecule has 38 heavy (non-hydrogen) atoms. The Morgan fingerprint density at radius 3 is 2.34 bits per heavy atom. The molecule has 3 atom stereocenters. The minimum atomic E-state index is -1.61. The molecule has 4 amide bonds. The number of nitrogens with two attached hydrogens (primary N) is 1. The van der Waals surface area contributed by atoms with Crippen molar-refractivity contribution < 1.29 is 39.0 Å². The largest absolute Gasteiger partial charge is 0.481 e. The highest BCUT2D eigenvalue weighted by Crippen LogP contribution is 2.29. The van der Waals surface area contributed by atoms with E-state index in [0.29, 0.717) is 19.4 Å². The van der Waals surface area contributed by atoms with Crippen molar-refractivity contribution in [3.8, 4) is 0 Å². The predicted molar refractivity (Wildman–Crippen MR) is 134 cm³/mol. The van der Waals surface area contributed by atoms with Crippen LogP contribution >= 0.6 is 0 Å². The van der Waals surface area contributed by atoms with Crippen LogP contribution in [0.15, 0.2) is 54.6 Å². The summed E-state index contributed by atoms with van der Waals surface area (Å²) in [4.78, 5) is 75.2. The van der Waals surface area contributed by atoms with E-state index >= 15 is 0 Å². The lowest BCUT2D eigenvalue weighted by atomic mass is 10.0. The van der Waals surface area contributed by atoms with Crippen LogP contribution in [0.1, 0.15) is 47.6 Å². The van der Waals surface area contributed by atoms with Gasteiger partial charge in [0.15, 0.2) is 6.04 Å². The first-order valence-electron chi connectivity index (χ1n) is 11.9. The van der Waals surface area contributed by atoms with Crippen molar-refractivity contribution in [1.82, 2.24) is 10.6 Å². The van der Waals surface area contributed by atoms with Crippen LogP contribution in [-0.2, 0) is 24.0 Å². The second kappa shape index (κ2) is 12.6. The molecule has 0 bridgehead atoms. The predicted octanol–water partition coefficient (Wildman–Crippen LogP) is 0.820. The molecule has 0 saturated carbocycles. The van der Waals surface area contributed by atoms with Crippen LogP contribution in [0.25, 0.3) is 0 Å². The van der Waals surface area contributed by atoms with Crippen molar-refractivity contribution in [2.45, 2.75) is 37.8 Å². The van der Waals surface area contributed by atoms with E-state index in [1.165, 1.54) is 36.4 Å². The van der Waals surface area contributed by atoms with Gasteiger partial charge >= 0.3 is 11.9 Å². The van der Waals surface area contributed by atoms with Gasteiger partial charge in [-0.2, -0.15) is 0 Å². The molecule has 1 heterocycles. The fraction of sp³-hybridized carbons (Fsp3) is 0.308. The molecular formula is C26H28N4O8. The van der Waals surface area contributed by atoms with Crippen LogP contribution in [0, 0.1) is 5.92 Å². The number of imide groups is 1. The third kappa shape index (κ3) is 6.79. The minimum absolute atomic E-state index is 0.0300. The average Bonchev–Trinajstić information content (AvgIpc) is 3.17. The fourth-order valence-corrected chi connectivity index (χ4v) is 4.14. The lowest BCUT2D eigenvalue weighted by Crippen LogP contribution is -2.49. The molecule has 6 N–H and O–H groups in total. The summed E-state index contributed by atoms with van der Waals surface area (Å²) in [5.41, 5.74) is 5.89. The summed E-state index contributed by atoms with van der Waals surface area (Å²) < 4.78 is 0. The summed E-state index contributed by atoms with van der Waals surface area (Å²) in [6.45, 7) is 0.386. The molecule has 2 aromatic carbocycles. The zero-order valence-electron chi connectivity index (χ0n) is 20.3. The number of carboxylic acids is 2. The van der Waals surface area contributed by atoms with Gasteiger partial charge in [0.05, 0.1) is 12.1 Å². The van der Waals surface area contributed by atoms with Crippen molar-refractivity contribution in [2.75, 3.05) is 11.4 Å². The number of benzene rings is 2. The van der Waals surface area contributed by atoms with Gasteiger partial charge in [-0.3, -0.25) is 28.9 Å². The molecule has 1 saturated heterocycles. The smallest absolute Gasteiger partial charge is 0.330 e. The average molecular weight is 525 g/mol. The van der Waals surface area contributed by atoms with Crippen molar-refractivity contribution in [3.63, 3.8) is 0 Å². The molecule has 200 valence electrons. The Morgan fingerprint density at radius 1 is 1.00 bits per heavy atom. The molecule has 0 aliphatic carbocycles. The highest BCUT2D eigenvalue weighted by Gasteiger charge is 2.39. The van der Waals surface area contributed by atoms with E-state index in [4.69, 9.17) is 5.73 Å². The Bertz CT molecular complexity index is 1230. The van der Waals surface area contributed by atoms with Gasteiger partial charge in [0, 0.05) is 17.9 Å². The molecule has 3 rings (SSSR count). The maximum absolute atomic E-state index is 13.0. The summed E-state index contributed by atoms with van der Waals surface area (Å²) >= 11 is 0. The fourth-order valence-electron chi connectivity index (χ4n) is 4.14. The van der Waals surface area contributed by atoms with Gasteiger partial charge in [0.1, 0.15) is 6.04 Å². The topological polar surface area (TPSA) is 196 Å². The van der Waals surface area contributed by atoms with Crippen LogP contribution in [0.2, 0.25) is 0 Å². The van der Waals surface area contributed by atoms with Crippen LogP contribution in [0.3, 0.4) is 0 Å². The number of anilines is 1. The molecular weight excluding hydrogens is 496 g/mol. The Morgan fingerprint density at radius 2 is 1.71 bits per heavy atom. The molecule has 0 aromatic heterocycles. The quantitative estimate of drug-likeness (QED) is 0.250. The van der Waals surface area contributed by atoms with Gasteiger partial charge in [-0.15, -0.1) is 0 Å². The van der Waals surface area contributed by atoms with E-state index in [9.17, 15) is 39.0 Å². The number of carbonyl (C=O) groups is 6. The van der Waals surface area contributed by atoms with Gasteiger partial charge in [0.25, 0.3) is 5.91 Å². The lowest BCUT2D eigenvalue weighted by molar-refractivity contribution is -0.143. The van der Waals surface area contributed by atoms with Gasteiger partial charge in [-0.1, -0.05) is 36.4 Å². The molecule has 12 nitrogen and oxygen atoms in total. The molecule has 0 spiro atoms. The van der Waals surface area contributed by atoms with Crippen LogP contribution < -0.4 is 21.3 Å². The summed E-state index contributed by atoms with van der Waals surface area (Å²) in [6, 6.07) is 10.3. The molecule has 1 aliphatic rings. The lowest BCUT2D eigenvalue weighted by Gasteiger charge is -2.21. The molecule has 1 fully saturated rings. The highest BCUT2D eigenvalue weighted by molar-refractivity contribution is 6.21. The third-order valence-electron chi connectivity index (χ3n) is 6.03. The summed E-state index contributed by atoms with van der Waals surface area (Å²) in [5, 5.41) is 23.4. The van der Waals surface area contributed by atoms with Gasteiger partial charge < -0.3 is 26.6 Å². The van der Waals surface area contributed by atoms with Crippen molar-refractivity contribution >= 4 is 41.3 Å². The highest BCUT2D eigenvalue weighted by atomic mass is 16.4. The van der Waals surface area contributed by atoms with Crippen LogP contribution in [0.5, 0.6) is 0 Å². The summed E-state index contributed by atoms with van der Waals surface area (Å²) in [5.74, 6) is -5.95. The first-order chi connectivity index (χ1) is 18.1. The number of nitrogens with zero attached hydrogens (tertiary/aromatic N) is 1. The van der Waals surface area contributed by atoms with E-state index in [1.807, 2.05) is 0 Å². The third-order valence-corrected chi connectivity index (χ3v) is 6.03. The maximum Gasteiger partial charge on any atom is 0.330 e. The first-order valence-corrected chi connectivity index (χ1v) is 11.9. The number of nitrogens with one attached hydrogen (secondary N) is 2. The zero-order chi connectivity index (χ0) is 27.8. The second-order valence-corrected chi connectivity index (χ2v) is 8.76. The summed E-state index contributed by atoms with van der Waals surface area (Å²) in [6.07, 6.45) is 0.261. The second-order valence-electron chi connectivity index (χ2n) is 8.76. The van der Waals surface area contributed by atoms with Gasteiger partial charge in [0.2, 0.25) is 17.7 Å². The zero-order valence-corrected chi connectivity index (χ0v) is 20.3. The molecule has 12 heteroatoms. The molecule has 2 aromatic rings.